The smallest absolute Gasteiger partial charge is 0.306 e. The van der Waals surface area contributed by atoms with Crippen molar-refractivity contribution < 1.29 is 24.5 Å². The summed E-state index contributed by atoms with van der Waals surface area (Å²) in [6, 6.07) is -0.722. The minimum Gasteiger partial charge on any atom is -0.462 e. The number of ether oxygens (including phenoxy) is 1. The van der Waals surface area contributed by atoms with Crippen molar-refractivity contribution in [2.75, 3.05) is 6.61 Å². The Morgan fingerprint density at radius 2 is 0.982 bits per heavy atom. The Labute approximate surface area is 339 Å². The molecule has 0 rings (SSSR count). The molecule has 0 fully saturated rings. The van der Waals surface area contributed by atoms with Crippen molar-refractivity contribution in [3.8, 4) is 0 Å². The van der Waals surface area contributed by atoms with Crippen LogP contribution in [0.5, 0.6) is 0 Å². The van der Waals surface area contributed by atoms with Crippen LogP contribution in [0, 0.1) is 0 Å². The fourth-order valence-corrected chi connectivity index (χ4v) is 6.75. The minimum atomic E-state index is -0.804. The predicted molar refractivity (Wildman–Crippen MR) is 236 cm³/mol. The summed E-state index contributed by atoms with van der Waals surface area (Å²) in [5.74, 6) is -0.547. The Kier molecular flexibility index (Phi) is 40.8. The fourth-order valence-electron chi connectivity index (χ4n) is 6.75. The number of amides is 1. The quantitative estimate of drug-likeness (QED) is 0.0328. The number of esters is 1. The van der Waals surface area contributed by atoms with Crippen molar-refractivity contribution >= 4 is 11.9 Å². The lowest BCUT2D eigenvalue weighted by Crippen LogP contribution is -2.46. The Hall–Kier alpha value is -2.44. The first-order valence-corrected chi connectivity index (χ1v) is 23.1. The zero-order valence-electron chi connectivity index (χ0n) is 36.0. The van der Waals surface area contributed by atoms with Crippen LogP contribution >= 0.6 is 0 Å². The first-order valence-electron chi connectivity index (χ1n) is 23.1. The molecule has 0 aliphatic heterocycles. The number of nitrogens with one attached hydrogen (secondary N) is 1. The second kappa shape index (κ2) is 42.7. The second-order valence-electron chi connectivity index (χ2n) is 15.6. The van der Waals surface area contributed by atoms with Gasteiger partial charge in [0, 0.05) is 6.42 Å². The van der Waals surface area contributed by atoms with Gasteiger partial charge in [0.25, 0.3) is 0 Å². The van der Waals surface area contributed by atoms with E-state index in [1.807, 2.05) is 48.6 Å². The lowest BCUT2D eigenvalue weighted by molar-refractivity contribution is -0.151. The van der Waals surface area contributed by atoms with Gasteiger partial charge in [0.15, 0.2) is 0 Å². The van der Waals surface area contributed by atoms with Crippen LogP contribution < -0.4 is 5.32 Å². The van der Waals surface area contributed by atoms with Crippen molar-refractivity contribution in [1.29, 1.82) is 0 Å². The molecule has 0 spiro atoms. The molecule has 0 bridgehead atoms. The molecule has 3 N–H and O–H groups in total. The Morgan fingerprint density at radius 1 is 0.545 bits per heavy atom. The predicted octanol–water partition coefficient (Wildman–Crippen LogP) is 13.3. The van der Waals surface area contributed by atoms with E-state index in [1.54, 1.807) is 0 Å². The highest BCUT2D eigenvalue weighted by atomic mass is 16.5. The molecule has 3 atom stereocenters. The molecule has 3 unspecified atom stereocenters. The van der Waals surface area contributed by atoms with Crippen LogP contribution in [0.25, 0.3) is 0 Å². The molecule has 6 heteroatoms. The van der Waals surface area contributed by atoms with Gasteiger partial charge in [-0.3, -0.25) is 9.59 Å². The van der Waals surface area contributed by atoms with Gasteiger partial charge < -0.3 is 20.3 Å². The molecular formula is C49H87NO5. The number of aliphatic hydroxyl groups excluding tert-OH is 2. The van der Waals surface area contributed by atoms with Gasteiger partial charge >= 0.3 is 5.97 Å². The van der Waals surface area contributed by atoms with E-state index in [1.165, 1.54) is 109 Å². The van der Waals surface area contributed by atoms with Gasteiger partial charge in [-0.2, -0.15) is 0 Å². The summed E-state index contributed by atoms with van der Waals surface area (Å²) in [7, 11) is 0. The Bertz CT molecular complexity index is 999. The van der Waals surface area contributed by atoms with Gasteiger partial charge in [-0.15, -0.1) is 0 Å². The summed E-state index contributed by atoms with van der Waals surface area (Å²) in [4.78, 5) is 26.0. The van der Waals surface area contributed by atoms with Gasteiger partial charge in [-0.25, -0.2) is 0 Å². The molecule has 6 nitrogen and oxygen atoms in total. The van der Waals surface area contributed by atoms with Crippen LogP contribution in [-0.2, 0) is 14.3 Å². The molecule has 0 aliphatic rings. The highest BCUT2D eigenvalue weighted by molar-refractivity contribution is 5.77. The molecule has 318 valence electrons. The lowest BCUT2D eigenvalue weighted by Gasteiger charge is -2.24. The number of carbonyl (C=O) groups excluding carboxylic acids is 2. The average molecular weight is 770 g/mol. The zero-order valence-corrected chi connectivity index (χ0v) is 36.0. The molecule has 0 aromatic carbocycles. The van der Waals surface area contributed by atoms with Crippen LogP contribution in [0.1, 0.15) is 213 Å². The maximum absolute atomic E-state index is 13.1. The van der Waals surface area contributed by atoms with Crippen molar-refractivity contribution in [3.05, 3.63) is 60.8 Å². The summed E-state index contributed by atoms with van der Waals surface area (Å²) in [5.41, 5.74) is 0. The van der Waals surface area contributed by atoms with Gasteiger partial charge in [-0.05, 0) is 38.5 Å². The maximum Gasteiger partial charge on any atom is 0.306 e. The van der Waals surface area contributed by atoms with Gasteiger partial charge in [-0.1, -0.05) is 223 Å². The fraction of sp³-hybridized carbons (Fsp3) is 0.755. The summed E-state index contributed by atoms with van der Waals surface area (Å²) in [6.07, 6.45) is 51.4. The minimum absolute atomic E-state index is 0.0290. The summed E-state index contributed by atoms with van der Waals surface area (Å²) < 4.78 is 5.87. The zero-order chi connectivity index (χ0) is 40.3. The highest BCUT2D eigenvalue weighted by Crippen LogP contribution is 2.17. The summed E-state index contributed by atoms with van der Waals surface area (Å²) in [6.45, 7) is 6.29. The van der Waals surface area contributed by atoms with E-state index < -0.39 is 18.2 Å². The molecule has 0 aliphatic carbocycles. The molecule has 0 radical (unpaired) electrons. The monoisotopic (exact) mass is 770 g/mol. The third-order valence-corrected chi connectivity index (χ3v) is 10.2. The van der Waals surface area contributed by atoms with Crippen LogP contribution in [0.15, 0.2) is 60.8 Å². The number of allylic oxidation sites excluding steroid dienone is 10. The molecule has 0 saturated heterocycles. The molecule has 0 aromatic rings. The van der Waals surface area contributed by atoms with Crippen molar-refractivity contribution in [3.63, 3.8) is 0 Å². The number of rotatable bonds is 40. The third kappa shape index (κ3) is 38.2. The second-order valence-corrected chi connectivity index (χ2v) is 15.6. The van der Waals surface area contributed by atoms with Crippen LogP contribution in [0.4, 0.5) is 0 Å². The highest BCUT2D eigenvalue weighted by Gasteiger charge is 2.24. The largest absolute Gasteiger partial charge is 0.462 e. The molecular weight excluding hydrogens is 683 g/mol. The van der Waals surface area contributed by atoms with Gasteiger partial charge in [0.2, 0.25) is 5.91 Å². The standard InChI is InChI=1S/C49H87NO5/c1-4-7-10-13-16-19-22-24-26-28-31-34-37-40-45(55-49(54)42-39-36-33-30-27-25-23-20-17-14-11-8-5-2)43-48(53)50-46(44-51)47(52)41-38-35-32-29-21-18-15-12-9-6-3/h7,10,13,16,19,22,24,26,28,31,45-47,51-52H,4-6,8-9,11-12,14-15,17-18,20-21,23,25,27,29-30,32-44H2,1-3H3,(H,50,53)/b10-7+,16-13+,22-19-,26-24-,31-28+. The number of carbonyl (C=O) groups is 2. The number of hydrogen-bond acceptors (Lipinski definition) is 5. The molecule has 0 heterocycles. The normalized spacial score (nSPS) is 13.9. The summed E-state index contributed by atoms with van der Waals surface area (Å²) in [5, 5.41) is 23.6. The van der Waals surface area contributed by atoms with E-state index in [4.69, 9.17) is 4.74 Å². The first-order chi connectivity index (χ1) is 27.0. The first kappa shape index (κ1) is 52.6. The van der Waals surface area contributed by atoms with E-state index in [0.717, 1.165) is 57.8 Å². The van der Waals surface area contributed by atoms with Crippen molar-refractivity contribution in [2.24, 2.45) is 0 Å². The molecule has 0 aromatic heterocycles. The molecule has 0 saturated carbocycles. The van der Waals surface area contributed by atoms with Crippen LogP contribution in [0.3, 0.4) is 0 Å². The van der Waals surface area contributed by atoms with Gasteiger partial charge in [0.05, 0.1) is 25.2 Å². The average Bonchev–Trinajstić information content (AvgIpc) is 3.18. The van der Waals surface area contributed by atoms with Crippen molar-refractivity contribution in [1.82, 2.24) is 5.32 Å². The van der Waals surface area contributed by atoms with E-state index in [2.05, 4.69) is 38.2 Å². The van der Waals surface area contributed by atoms with Crippen molar-refractivity contribution in [2.45, 2.75) is 232 Å². The topological polar surface area (TPSA) is 95.9 Å². The van der Waals surface area contributed by atoms with E-state index >= 15 is 0 Å². The van der Waals surface area contributed by atoms with Gasteiger partial charge in [0.1, 0.15) is 6.10 Å². The Morgan fingerprint density at radius 3 is 1.45 bits per heavy atom. The van der Waals surface area contributed by atoms with Crippen LogP contribution in [0.2, 0.25) is 0 Å². The third-order valence-electron chi connectivity index (χ3n) is 10.2. The lowest BCUT2D eigenvalue weighted by atomic mass is 10.0. The van der Waals surface area contributed by atoms with E-state index in [-0.39, 0.29) is 24.9 Å². The van der Waals surface area contributed by atoms with E-state index in [9.17, 15) is 19.8 Å². The Balaban J connectivity index is 4.72. The number of unbranched alkanes of at least 4 members (excludes halogenated alkanes) is 22. The molecule has 1 amide bonds. The van der Waals surface area contributed by atoms with Crippen LogP contribution in [-0.4, -0.2) is 46.9 Å². The molecule has 55 heavy (non-hydrogen) atoms. The maximum atomic E-state index is 13.1. The van der Waals surface area contributed by atoms with E-state index in [0.29, 0.717) is 19.3 Å². The summed E-state index contributed by atoms with van der Waals surface area (Å²) >= 11 is 0. The SMILES string of the molecule is CC/C=C/C=C/C=C\C=C/C=C/CCCC(CC(=O)NC(CO)C(O)CCCCCCCCCCCC)OC(=O)CCCCCCCCCCCCCCC. The number of hydrogen-bond donors (Lipinski definition) is 3. The number of aliphatic hydroxyl groups is 2.